The van der Waals surface area contributed by atoms with E-state index in [9.17, 15) is 14.2 Å². The molecule has 0 amide bonds. The molecular formula is C15H19FN6O3S. The number of nitrogens with zero attached hydrogens (tertiary/aromatic N) is 3. The van der Waals surface area contributed by atoms with Crippen LogP contribution in [0.2, 0.25) is 0 Å². The van der Waals surface area contributed by atoms with E-state index >= 15 is 0 Å². The third kappa shape index (κ3) is 2.92. The summed E-state index contributed by atoms with van der Waals surface area (Å²) in [5, 5.41) is 26.0. The molecule has 1 aliphatic carbocycles. The first kappa shape index (κ1) is 16.9. The van der Waals surface area contributed by atoms with Crippen molar-refractivity contribution in [2.45, 2.75) is 24.1 Å². The molecule has 9 nitrogen and oxygen atoms in total. The maximum Gasteiger partial charge on any atom is 0.202 e. The van der Waals surface area contributed by atoms with Gasteiger partial charge in [0, 0.05) is 17.5 Å². The van der Waals surface area contributed by atoms with Crippen molar-refractivity contribution in [3.8, 4) is 0 Å². The summed E-state index contributed by atoms with van der Waals surface area (Å²) >= 11 is 0. The highest BCUT2D eigenvalue weighted by Gasteiger charge is 2.32. The first-order valence-corrected chi connectivity index (χ1v) is 10.2. The Morgan fingerprint density at radius 3 is 3.00 bits per heavy atom. The molecule has 11 heteroatoms. The minimum atomic E-state index is -2.57. The molecule has 0 saturated carbocycles. The number of rotatable bonds is 5. The standard InChI is InChI=1S/C15H19FN6O3S/c16-9-2-1-8-5-12(11(8)6-9)19-15(20-23)13-14(22-25-21-13)18-7-10-3-4-26(10,17)24/h1-2,6,10,12,23,26H,3-5,7H2,(H2,17,24)(H,18,22)(H,19,20)/t10-,12+/m1/s1. The van der Waals surface area contributed by atoms with Gasteiger partial charge in [-0.25, -0.2) is 9.02 Å². The molecule has 5 N–H and O–H groups in total. The maximum absolute atomic E-state index is 13.4. The van der Waals surface area contributed by atoms with Crippen LogP contribution in [0, 0.1) is 10.6 Å². The molecule has 0 unspecified atom stereocenters. The van der Waals surface area contributed by atoms with Gasteiger partial charge in [-0.1, -0.05) is 11.2 Å². The lowest BCUT2D eigenvalue weighted by Crippen LogP contribution is -2.46. The number of benzene rings is 1. The highest BCUT2D eigenvalue weighted by atomic mass is 32.3. The average molecular weight is 382 g/mol. The molecule has 1 aromatic carbocycles. The summed E-state index contributed by atoms with van der Waals surface area (Å²) < 4.78 is 35.8. The topological polar surface area (TPSA) is 140 Å². The maximum atomic E-state index is 13.4. The van der Waals surface area contributed by atoms with Gasteiger partial charge in [0.15, 0.2) is 11.5 Å². The van der Waals surface area contributed by atoms with E-state index in [0.717, 1.165) is 17.5 Å². The van der Waals surface area contributed by atoms with Crippen LogP contribution in [-0.2, 0) is 16.5 Å². The molecule has 0 bridgehead atoms. The van der Waals surface area contributed by atoms with Crippen molar-refractivity contribution in [3.63, 3.8) is 0 Å². The molecule has 2 atom stereocenters. The van der Waals surface area contributed by atoms with Gasteiger partial charge in [-0.15, -0.1) is 10.1 Å². The summed E-state index contributed by atoms with van der Waals surface area (Å²) in [4.78, 5) is 0. The molecule has 1 saturated heterocycles. The number of fused-ring (bicyclic) bond motifs is 1. The number of anilines is 1. The van der Waals surface area contributed by atoms with Gasteiger partial charge in [0.1, 0.15) is 5.82 Å². The van der Waals surface area contributed by atoms with Crippen molar-refractivity contribution in [2.24, 2.45) is 5.16 Å². The summed E-state index contributed by atoms with van der Waals surface area (Å²) in [5.74, 6) is 0.537. The monoisotopic (exact) mass is 382 g/mol. The third-order valence-corrected chi connectivity index (χ3v) is 7.53. The second-order valence-corrected chi connectivity index (χ2v) is 9.36. The summed E-state index contributed by atoms with van der Waals surface area (Å²) in [5.41, 5.74) is 2.01. The molecule has 1 aliphatic heterocycles. The van der Waals surface area contributed by atoms with Gasteiger partial charge in [0.2, 0.25) is 5.82 Å². The van der Waals surface area contributed by atoms with E-state index in [1.54, 1.807) is 6.07 Å². The molecule has 0 spiro atoms. The Bertz CT molecular complexity index is 917. The van der Waals surface area contributed by atoms with Crippen LogP contribution in [0.1, 0.15) is 29.3 Å². The average Bonchev–Trinajstić information content (AvgIpc) is 3.05. The Morgan fingerprint density at radius 1 is 1.46 bits per heavy atom. The van der Waals surface area contributed by atoms with Gasteiger partial charge in [-0.2, -0.15) is 0 Å². The summed E-state index contributed by atoms with van der Waals surface area (Å²) in [6, 6.07) is 4.39. The van der Waals surface area contributed by atoms with Crippen molar-refractivity contribution in [1.82, 2.24) is 15.6 Å². The molecular weight excluding hydrogens is 363 g/mol. The first-order valence-electron chi connectivity index (χ1n) is 8.17. The lowest BCUT2D eigenvalue weighted by molar-refractivity contribution is 0.303. The van der Waals surface area contributed by atoms with Crippen molar-refractivity contribution in [2.75, 3.05) is 17.6 Å². The fourth-order valence-corrected chi connectivity index (χ4v) is 4.70. The number of aromatic nitrogens is 2. The van der Waals surface area contributed by atoms with E-state index in [1.807, 2.05) is 0 Å². The minimum absolute atomic E-state index is 0.0539. The fraction of sp³-hybridized carbons (Fsp3) is 0.400. The van der Waals surface area contributed by atoms with E-state index in [2.05, 4.69) is 26.1 Å². The van der Waals surface area contributed by atoms with E-state index in [-0.39, 0.29) is 34.5 Å². The third-order valence-electron chi connectivity index (χ3n) is 4.94. The van der Waals surface area contributed by atoms with Gasteiger partial charge >= 0.3 is 0 Å². The van der Waals surface area contributed by atoms with Crippen LogP contribution in [0.3, 0.4) is 0 Å². The quantitative estimate of drug-likeness (QED) is 0.152. The van der Waals surface area contributed by atoms with E-state index in [1.165, 1.54) is 12.1 Å². The molecule has 2 aliphatic rings. The van der Waals surface area contributed by atoms with Crippen molar-refractivity contribution in [3.05, 3.63) is 40.8 Å². The van der Waals surface area contributed by atoms with Gasteiger partial charge in [-0.05, 0) is 46.4 Å². The summed E-state index contributed by atoms with van der Waals surface area (Å²) in [6.45, 7) is 0.366. The normalized spacial score (nSPS) is 24.8. The molecule has 1 fully saturated rings. The Hall–Kier alpha value is -2.53. The molecule has 2 aromatic rings. The van der Waals surface area contributed by atoms with Crippen molar-refractivity contribution >= 4 is 21.8 Å². The zero-order valence-corrected chi connectivity index (χ0v) is 14.6. The van der Waals surface area contributed by atoms with Crippen LogP contribution in [0.25, 0.3) is 0 Å². The highest BCUT2D eigenvalue weighted by Crippen LogP contribution is 2.34. The van der Waals surface area contributed by atoms with E-state index in [4.69, 9.17) is 9.41 Å². The number of hydrogen-bond donors (Lipinski definition) is 6. The van der Waals surface area contributed by atoms with E-state index in [0.29, 0.717) is 18.7 Å². The smallest absolute Gasteiger partial charge is 0.202 e. The predicted molar refractivity (Wildman–Crippen MR) is 94.5 cm³/mol. The highest BCUT2D eigenvalue weighted by molar-refractivity contribution is 8.00. The van der Waals surface area contributed by atoms with Crippen LogP contribution in [0.4, 0.5) is 10.2 Å². The molecule has 2 heterocycles. The second-order valence-electron chi connectivity index (χ2n) is 6.53. The van der Waals surface area contributed by atoms with Gasteiger partial charge in [0.05, 0.1) is 6.04 Å². The predicted octanol–water partition coefficient (Wildman–Crippen LogP) is 1.54. The number of hydrogen-bond acceptors (Lipinski definition) is 7. The van der Waals surface area contributed by atoms with E-state index < -0.39 is 10.1 Å². The van der Waals surface area contributed by atoms with Crippen LogP contribution >= 0.6 is 0 Å². The number of nitrogens with one attached hydrogen (secondary N) is 3. The van der Waals surface area contributed by atoms with Crippen LogP contribution in [0.5, 0.6) is 0 Å². The van der Waals surface area contributed by atoms with Crippen LogP contribution in [-0.4, -0.2) is 43.5 Å². The number of thiol groups is 1. The zero-order chi connectivity index (χ0) is 18.3. The zero-order valence-electron chi connectivity index (χ0n) is 13.7. The largest absolute Gasteiger partial charge is 0.409 e. The lowest BCUT2D eigenvalue weighted by Gasteiger charge is -2.40. The number of amidine groups is 1. The van der Waals surface area contributed by atoms with Crippen molar-refractivity contribution in [1.29, 1.82) is 4.78 Å². The molecule has 4 rings (SSSR count). The van der Waals surface area contributed by atoms with Crippen LogP contribution in [0.15, 0.2) is 28.0 Å². The Morgan fingerprint density at radius 2 is 2.31 bits per heavy atom. The van der Waals surface area contributed by atoms with Gasteiger partial charge < -0.3 is 20.4 Å². The Kier molecular flexibility index (Phi) is 4.11. The Balaban J connectivity index is 1.45. The summed E-state index contributed by atoms with van der Waals surface area (Å²) in [6.07, 6.45) is 1.45. The van der Waals surface area contributed by atoms with Crippen LogP contribution < -0.4 is 10.6 Å². The fourth-order valence-electron chi connectivity index (χ4n) is 3.20. The Labute approximate surface area is 149 Å². The second kappa shape index (κ2) is 6.32. The molecule has 140 valence electrons. The SMILES string of the molecule is N=[SH]1(O)CC[C@@H]1CNc1nonc1/C(=N\O)N[C@H]1Cc2ccc(F)cc21. The minimum Gasteiger partial charge on any atom is -0.409 e. The number of oxime groups is 1. The lowest BCUT2D eigenvalue weighted by atomic mass is 9.83. The molecule has 0 radical (unpaired) electrons. The van der Waals surface area contributed by atoms with Crippen molar-refractivity contribution < 1.29 is 18.8 Å². The first-order chi connectivity index (χ1) is 12.5. The van der Waals surface area contributed by atoms with Gasteiger partial charge in [0.25, 0.3) is 0 Å². The molecule has 1 aromatic heterocycles. The summed E-state index contributed by atoms with van der Waals surface area (Å²) in [7, 11) is -2.57. The number of halogens is 1. The molecule has 26 heavy (non-hydrogen) atoms. The van der Waals surface area contributed by atoms with Gasteiger partial charge in [-0.3, -0.25) is 4.78 Å².